The molecule has 0 saturated heterocycles. The Balaban J connectivity index is 2.05. The number of nitrogens with one attached hydrogen (secondary N) is 1. The number of ether oxygens (including phenoxy) is 1. The Morgan fingerprint density at radius 3 is 2.42 bits per heavy atom. The molecule has 2 aromatic carbocycles. The number of methoxy groups -OCH3 is 1. The van der Waals surface area contributed by atoms with Crippen LogP contribution in [0, 0.1) is 0 Å². The highest BCUT2D eigenvalue weighted by molar-refractivity contribution is 7.92. The van der Waals surface area contributed by atoms with Gasteiger partial charge in [0, 0.05) is 24.7 Å². The standard InChI is InChI=1S/C19H24N2O4S/c1-4-15-8-10-17(11-9-15)21(26(3,23)24)13-12-19(22)20-16-6-5-7-18(14-16)25-2/h5-11,14H,4,12-13H2,1-3H3,(H,20,22). The van der Waals surface area contributed by atoms with Gasteiger partial charge in [-0.25, -0.2) is 8.42 Å². The Morgan fingerprint density at radius 2 is 1.85 bits per heavy atom. The van der Waals surface area contributed by atoms with Crippen LogP contribution in [0.4, 0.5) is 11.4 Å². The Kier molecular flexibility index (Phi) is 6.63. The van der Waals surface area contributed by atoms with Crippen molar-refractivity contribution < 1.29 is 17.9 Å². The van der Waals surface area contributed by atoms with Gasteiger partial charge < -0.3 is 10.1 Å². The van der Waals surface area contributed by atoms with Gasteiger partial charge in [-0.2, -0.15) is 0 Å². The van der Waals surface area contributed by atoms with E-state index >= 15 is 0 Å². The Labute approximate surface area is 154 Å². The van der Waals surface area contributed by atoms with Crippen LogP contribution >= 0.6 is 0 Å². The second kappa shape index (κ2) is 8.71. The minimum absolute atomic E-state index is 0.0415. The molecule has 6 nitrogen and oxygen atoms in total. The number of amides is 1. The smallest absolute Gasteiger partial charge is 0.232 e. The average Bonchev–Trinajstić information content (AvgIpc) is 2.61. The van der Waals surface area contributed by atoms with Crippen molar-refractivity contribution in [2.75, 3.05) is 29.5 Å². The fourth-order valence-corrected chi connectivity index (χ4v) is 3.44. The largest absolute Gasteiger partial charge is 0.497 e. The van der Waals surface area contributed by atoms with Gasteiger partial charge >= 0.3 is 0 Å². The number of carbonyl (C=O) groups excluding carboxylic acids is 1. The zero-order valence-electron chi connectivity index (χ0n) is 15.2. The van der Waals surface area contributed by atoms with Crippen LogP contribution in [0.5, 0.6) is 5.75 Å². The molecule has 1 amide bonds. The number of aryl methyl sites for hydroxylation is 1. The lowest BCUT2D eigenvalue weighted by atomic mass is 10.1. The van der Waals surface area contributed by atoms with E-state index in [-0.39, 0.29) is 18.9 Å². The first-order valence-corrected chi connectivity index (χ1v) is 10.2. The molecule has 0 aromatic heterocycles. The molecule has 140 valence electrons. The number of anilines is 2. The molecule has 26 heavy (non-hydrogen) atoms. The molecule has 0 aliphatic heterocycles. The van der Waals surface area contributed by atoms with Crippen LogP contribution in [-0.2, 0) is 21.2 Å². The molecular weight excluding hydrogens is 352 g/mol. The molecular formula is C19H24N2O4S. The molecule has 0 aliphatic rings. The van der Waals surface area contributed by atoms with Crippen molar-refractivity contribution >= 4 is 27.3 Å². The van der Waals surface area contributed by atoms with Gasteiger partial charge in [0.05, 0.1) is 19.1 Å². The van der Waals surface area contributed by atoms with Crippen LogP contribution in [0.3, 0.4) is 0 Å². The summed E-state index contributed by atoms with van der Waals surface area (Å²) in [5.74, 6) is 0.369. The normalized spacial score (nSPS) is 11.0. The number of nitrogens with zero attached hydrogens (tertiary/aromatic N) is 1. The summed E-state index contributed by atoms with van der Waals surface area (Å²) in [6.45, 7) is 2.10. The summed E-state index contributed by atoms with van der Waals surface area (Å²) in [7, 11) is -1.93. The van der Waals surface area contributed by atoms with E-state index in [2.05, 4.69) is 5.32 Å². The SMILES string of the molecule is CCc1ccc(N(CCC(=O)Nc2cccc(OC)c2)S(C)(=O)=O)cc1. The van der Waals surface area contributed by atoms with Crippen LogP contribution in [-0.4, -0.2) is 34.2 Å². The lowest BCUT2D eigenvalue weighted by Crippen LogP contribution is -2.33. The van der Waals surface area contributed by atoms with Gasteiger partial charge in [-0.05, 0) is 36.2 Å². The number of benzene rings is 2. The van der Waals surface area contributed by atoms with Gasteiger partial charge in [0.1, 0.15) is 5.75 Å². The summed E-state index contributed by atoms with van der Waals surface area (Å²) in [6.07, 6.45) is 2.06. The second-order valence-electron chi connectivity index (χ2n) is 5.89. The topological polar surface area (TPSA) is 75.7 Å². The monoisotopic (exact) mass is 376 g/mol. The predicted molar refractivity (Wildman–Crippen MR) is 104 cm³/mol. The number of sulfonamides is 1. The van der Waals surface area contributed by atoms with Gasteiger partial charge in [0.15, 0.2) is 0 Å². The lowest BCUT2D eigenvalue weighted by molar-refractivity contribution is -0.116. The van der Waals surface area contributed by atoms with Crippen molar-refractivity contribution in [3.05, 3.63) is 54.1 Å². The van der Waals surface area contributed by atoms with E-state index in [1.807, 2.05) is 19.1 Å². The van der Waals surface area contributed by atoms with E-state index in [9.17, 15) is 13.2 Å². The van der Waals surface area contributed by atoms with Crippen molar-refractivity contribution in [2.45, 2.75) is 19.8 Å². The highest BCUT2D eigenvalue weighted by Gasteiger charge is 2.18. The highest BCUT2D eigenvalue weighted by atomic mass is 32.2. The first kappa shape index (κ1) is 19.8. The van der Waals surface area contributed by atoms with Gasteiger partial charge in [0.25, 0.3) is 0 Å². The van der Waals surface area contributed by atoms with Crippen LogP contribution in [0.1, 0.15) is 18.9 Å². The van der Waals surface area contributed by atoms with Crippen molar-refractivity contribution in [2.24, 2.45) is 0 Å². The fraction of sp³-hybridized carbons (Fsp3) is 0.316. The molecule has 2 rings (SSSR count). The molecule has 7 heteroatoms. The number of hydrogen-bond donors (Lipinski definition) is 1. The molecule has 0 unspecified atom stereocenters. The van der Waals surface area contributed by atoms with Crippen molar-refractivity contribution in [1.82, 2.24) is 0 Å². The average molecular weight is 376 g/mol. The molecule has 0 bridgehead atoms. The molecule has 0 saturated carbocycles. The maximum atomic E-state index is 12.2. The van der Waals surface area contributed by atoms with Crippen molar-refractivity contribution in [3.63, 3.8) is 0 Å². The third-order valence-corrected chi connectivity index (χ3v) is 5.12. The van der Waals surface area contributed by atoms with Crippen molar-refractivity contribution in [1.29, 1.82) is 0 Å². The van der Waals surface area contributed by atoms with Gasteiger partial charge in [-0.3, -0.25) is 9.10 Å². The van der Waals surface area contributed by atoms with Gasteiger partial charge in [0.2, 0.25) is 15.9 Å². The van der Waals surface area contributed by atoms with Crippen molar-refractivity contribution in [3.8, 4) is 5.75 Å². The minimum Gasteiger partial charge on any atom is -0.497 e. The Morgan fingerprint density at radius 1 is 1.15 bits per heavy atom. The van der Waals surface area contributed by atoms with E-state index in [0.717, 1.165) is 18.2 Å². The molecule has 0 spiro atoms. The summed E-state index contributed by atoms with van der Waals surface area (Å²) in [5, 5.41) is 2.75. The predicted octanol–water partition coefficient (Wildman–Crippen LogP) is 3.05. The lowest BCUT2D eigenvalue weighted by Gasteiger charge is -2.22. The van der Waals surface area contributed by atoms with E-state index < -0.39 is 10.0 Å². The van der Waals surface area contributed by atoms with E-state index in [1.165, 1.54) is 4.31 Å². The maximum absolute atomic E-state index is 12.2. The van der Waals surface area contributed by atoms with Crippen LogP contribution in [0.25, 0.3) is 0 Å². The second-order valence-corrected chi connectivity index (χ2v) is 7.79. The number of rotatable bonds is 8. The summed E-state index contributed by atoms with van der Waals surface area (Å²) in [5.41, 5.74) is 2.28. The highest BCUT2D eigenvalue weighted by Crippen LogP contribution is 2.20. The van der Waals surface area contributed by atoms with E-state index in [1.54, 1.807) is 43.5 Å². The first-order valence-electron chi connectivity index (χ1n) is 8.34. The molecule has 2 aromatic rings. The molecule has 0 atom stereocenters. The summed E-state index contributed by atoms with van der Waals surface area (Å²) >= 11 is 0. The minimum atomic E-state index is -3.48. The number of carbonyl (C=O) groups is 1. The fourth-order valence-electron chi connectivity index (χ4n) is 2.51. The maximum Gasteiger partial charge on any atom is 0.232 e. The number of hydrogen-bond acceptors (Lipinski definition) is 4. The summed E-state index contributed by atoms with van der Waals surface area (Å²) < 4.78 is 30.6. The van der Waals surface area contributed by atoms with Gasteiger partial charge in [-0.15, -0.1) is 0 Å². The van der Waals surface area contributed by atoms with Gasteiger partial charge in [-0.1, -0.05) is 25.1 Å². The van der Waals surface area contributed by atoms with Crippen LogP contribution in [0.2, 0.25) is 0 Å². The Hall–Kier alpha value is -2.54. The quantitative estimate of drug-likeness (QED) is 0.768. The molecule has 1 N–H and O–H groups in total. The zero-order chi connectivity index (χ0) is 19.2. The third-order valence-electron chi connectivity index (χ3n) is 3.93. The summed E-state index contributed by atoms with van der Waals surface area (Å²) in [4.78, 5) is 12.2. The van der Waals surface area contributed by atoms with Crippen LogP contribution < -0.4 is 14.4 Å². The van der Waals surface area contributed by atoms with E-state index in [4.69, 9.17) is 4.74 Å². The van der Waals surface area contributed by atoms with Crippen LogP contribution in [0.15, 0.2) is 48.5 Å². The Bertz CT molecular complexity index is 848. The zero-order valence-corrected chi connectivity index (χ0v) is 16.0. The first-order chi connectivity index (χ1) is 12.3. The summed E-state index contributed by atoms with van der Waals surface area (Å²) in [6, 6.07) is 14.3. The molecule has 0 aliphatic carbocycles. The molecule has 0 heterocycles. The molecule has 0 radical (unpaired) electrons. The third kappa shape index (κ3) is 5.49. The van der Waals surface area contributed by atoms with E-state index in [0.29, 0.717) is 17.1 Å². The molecule has 0 fully saturated rings.